The van der Waals surface area contributed by atoms with Crippen molar-refractivity contribution in [2.24, 2.45) is 0 Å². The average molecular weight is 495 g/mol. The summed E-state index contributed by atoms with van der Waals surface area (Å²) in [7, 11) is -0.972. The minimum atomic E-state index is -3.96. The molecule has 9 heteroatoms. The van der Waals surface area contributed by atoms with Crippen LogP contribution in [0.15, 0.2) is 95.2 Å². The highest BCUT2D eigenvalue weighted by atomic mass is 32.2. The summed E-state index contributed by atoms with van der Waals surface area (Å²) >= 11 is 1.06. The molecule has 0 saturated heterocycles. The van der Waals surface area contributed by atoms with Crippen molar-refractivity contribution < 1.29 is 22.7 Å². The number of carbonyl (C=O) groups excluding carboxylic acids is 1. The molecule has 0 aliphatic carbocycles. The lowest BCUT2D eigenvalue weighted by molar-refractivity contribution is 0.102. The zero-order chi connectivity index (χ0) is 24.1. The van der Waals surface area contributed by atoms with Gasteiger partial charge >= 0.3 is 0 Å². The van der Waals surface area contributed by atoms with E-state index in [1.807, 2.05) is 30.3 Å². The first kappa shape index (κ1) is 23.3. The van der Waals surface area contributed by atoms with Gasteiger partial charge in [0.05, 0.1) is 12.8 Å². The zero-order valence-corrected chi connectivity index (χ0v) is 20.1. The molecule has 0 saturated carbocycles. The fourth-order valence-electron chi connectivity index (χ4n) is 3.16. The molecule has 0 aliphatic rings. The molecule has 0 aliphatic heterocycles. The summed E-state index contributed by atoms with van der Waals surface area (Å²) in [6.07, 6.45) is 0. The molecular formula is C25H22N2O5S2. The van der Waals surface area contributed by atoms with E-state index in [2.05, 4.69) is 5.32 Å². The van der Waals surface area contributed by atoms with Crippen molar-refractivity contribution in [1.82, 2.24) is 0 Å². The Morgan fingerprint density at radius 2 is 1.47 bits per heavy atom. The first-order valence-corrected chi connectivity index (χ1v) is 12.6. The van der Waals surface area contributed by atoms with Gasteiger partial charge in [-0.25, -0.2) is 8.42 Å². The van der Waals surface area contributed by atoms with E-state index < -0.39 is 15.9 Å². The third kappa shape index (κ3) is 5.05. The van der Waals surface area contributed by atoms with Crippen LogP contribution in [0.5, 0.6) is 17.2 Å². The van der Waals surface area contributed by atoms with E-state index in [0.717, 1.165) is 15.6 Å². The van der Waals surface area contributed by atoms with Crippen molar-refractivity contribution in [2.75, 3.05) is 23.8 Å². The maximum absolute atomic E-state index is 13.2. The molecule has 1 N–H and O–H groups in total. The van der Waals surface area contributed by atoms with E-state index in [-0.39, 0.29) is 9.77 Å². The monoisotopic (exact) mass is 494 g/mol. The molecule has 1 heterocycles. The molecule has 4 rings (SSSR count). The number of nitrogens with zero attached hydrogens (tertiary/aromatic N) is 1. The number of anilines is 2. The number of para-hydroxylation sites is 1. The summed E-state index contributed by atoms with van der Waals surface area (Å²) in [6, 6.07) is 24.3. The maximum Gasteiger partial charge on any atom is 0.267 e. The van der Waals surface area contributed by atoms with E-state index in [1.54, 1.807) is 53.9 Å². The average Bonchev–Trinajstić information content (AvgIpc) is 3.37. The summed E-state index contributed by atoms with van der Waals surface area (Å²) in [5.41, 5.74) is 0.970. The normalized spacial score (nSPS) is 11.0. The second-order valence-electron chi connectivity index (χ2n) is 7.18. The van der Waals surface area contributed by atoms with Gasteiger partial charge in [-0.05, 0) is 72.1 Å². The van der Waals surface area contributed by atoms with E-state index in [1.165, 1.54) is 20.2 Å². The molecule has 3 aromatic carbocycles. The number of methoxy groups -OCH3 is 1. The van der Waals surface area contributed by atoms with E-state index in [9.17, 15) is 13.2 Å². The number of benzene rings is 3. The number of hydrogen-bond donors (Lipinski definition) is 1. The zero-order valence-electron chi connectivity index (χ0n) is 18.5. The van der Waals surface area contributed by atoms with Gasteiger partial charge in [-0.1, -0.05) is 18.2 Å². The lowest BCUT2D eigenvalue weighted by Gasteiger charge is -2.20. The number of thiophene rings is 1. The molecule has 1 amide bonds. The van der Waals surface area contributed by atoms with Gasteiger partial charge in [0.1, 0.15) is 27.0 Å². The summed E-state index contributed by atoms with van der Waals surface area (Å²) in [6.45, 7) is 0. The van der Waals surface area contributed by atoms with Gasteiger partial charge in [0.25, 0.3) is 15.9 Å². The Hall–Kier alpha value is -3.82. The highest BCUT2D eigenvalue weighted by molar-refractivity contribution is 7.93. The van der Waals surface area contributed by atoms with E-state index in [4.69, 9.17) is 9.47 Å². The minimum absolute atomic E-state index is 0.0580. The summed E-state index contributed by atoms with van der Waals surface area (Å²) in [5.74, 6) is 1.43. The number of rotatable bonds is 8. The molecule has 1 aromatic heterocycles. The molecular weight excluding hydrogens is 472 g/mol. The van der Waals surface area contributed by atoms with Gasteiger partial charge in [-0.15, -0.1) is 11.3 Å². The number of carbonyl (C=O) groups is 1. The van der Waals surface area contributed by atoms with Crippen LogP contribution in [0.4, 0.5) is 11.4 Å². The first-order chi connectivity index (χ1) is 16.4. The Labute approximate surface area is 202 Å². The molecule has 0 atom stereocenters. The Balaban J connectivity index is 1.49. The predicted molar refractivity (Wildman–Crippen MR) is 134 cm³/mol. The Kier molecular flexibility index (Phi) is 6.85. The van der Waals surface area contributed by atoms with Crippen molar-refractivity contribution in [3.05, 3.63) is 95.2 Å². The summed E-state index contributed by atoms with van der Waals surface area (Å²) < 4.78 is 38.5. The van der Waals surface area contributed by atoms with Gasteiger partial charge in [0, 0.05) is 12.7 Å². The van der Waals surface area contributed by atoms with Gasteiger partial charge in [0.2, 0.25) is 0 Å². The van der Waals surface area contributed by atoms with Crippen LogP contribution >= 0.6 is 11.3 Å². The van der Waals surface area contributed by atoms with Crippen LogP contribution in [0.3, 0.4) is 0 Å². The number of amides is 1. The van der Waals surface area contributed by atoms with Crippen LogP contribution in [0.1, 0.15) is 9.67 Å². The maximum atomic E-state index is 13.2. The van der Waals surface area contributed by atoms with Gasteiger partial charge in [0.15, 0.2) is 0 Å². The molecule has 0 fully saturated rings. The van der Waals surface area contributed by atoms with Crippen LogP contribution in [0, 0.1) is 0 Å². The largest absolute Gasteiger partial charge is 0.497 e. The molecule has 34 heavy (non-hydrogen) atoms. The number of sulfonamides is 1. The number of nitrogens with one attached hydrogen (secondary N) is 1. The highest BCUT2D eigenvalue weighted by Crippen LogP contribution is 2.30. The van der Waals surface area contributed by atoms with Crippen LogP contribution in [-0.4, -0.2) is 28.5 Å². The van der Waals surface area contributed by atoms with Crippen molar-refractivity contribution in [1.29, 1.82) is 0 Å². The minimum Gasteiger partial charge on any atom is -0.497 e. The lowest BCUT2D eigenvalue weighted by atomic mass is 10.3. The van der Waals surface area contributed by atoms with Crippen LogP contribution in [0.25, 0.3) is 0 Å². The molecule has 0 unspecified atom stereocenters. The SMILES string of the molecule is COc1ccc(N(C)S(=O)(=O)c2ccsc2C(=O)Nc2ccc(Oc3ccccc3)cc2)cc1. The van der Waals surface area contributed by atoms with Crippen molar-refractivity contribution in [2.45, 2.75) is 4.90 Å². The van der Waals surface area contributed by atoms with Crippen LogP contribution < -0.4 is 19.1 Å². The van der Waals surface area contributed by atoms with E-state index >= 15 is 0 Å². The summed E-state index contributed by atoms with van der Waals surface area (Å²) in [4.78, 5) is 13.0. The third-order valence-electron chi connectivity index (χ3n) is 5.00. The number of hydrogen-bond acceptors (Lipinski definition) is 6. The fourth-order valence-corrected chi connectivity index (χ4v) is 5.65. The summed E-state index contributed by atoms with van der Waals surface area (Å²) in [5, 5.41) is 4.34. The first-order valence-electron chi connectivity index (χ1n) is 10.2. The van der Waals surface area contributed by atoms with Crippen LogP contribution in [-0.2, 0) is 10.0 Å². The third-order valence-corrected chi connectivity index (χ3v) is 7.87. The Bertz CT molecular complexity index is 1370. The Morgan fingerprint density at radius 1 is 0.853 bits per heavy atom. The molecule has 0 radical (unpaired) electrons. The second kappa shape index (κ2) is 9.98. The van der Waals surface area contributed by atoms with Gasteiger partial charge in [-0.3, -0.25) is 9.10 Å². The quantitative estimate of drug-likeness (QED) is 0.343. The molecule has 0 spiro atoms. The molecule has 7 nitrogen and oxygen atoms in total. The molecule has 4 aromatic rings. The van der Waals surface area contributed by atoms with Crippen molar-refractivity contribution >= 4 is 38.6 Å². The second-order valence-corrected chi connectivity index (χ2v) is 10.0. The van der Waals surface area contributed by atoms with Gasteiger partial charge in [-0.2, -0.15) is 0 Å². The fraction of sp³-hybridized carbons (Fsp3) is 0.0800. The molecule has 174 valence electrons. The van der Waals surface area contributed by atoms with Crippen LogP contribution in [0.2, 0.25) is 0 Å². The smallest absolute Gasteiger partial charge is 0.267 e. The lowest BCUT2D eigenvalue weighted by Crippen LogP contribution is -2.28. The highest BCUT2D eigenvalue weighted by Gasteiger charge is 2.28. The topological polar surface area (TPSA) is 84.9 Å². The predicted octanol–water partition coefficient (Wildman–Crippen LogP) is 5.63. The standard InChI is InChI=1S/C25H22N2O5S2/c1-27(19-10-14-20(31-2)15-11-19)34(29,30)23-16-17-33-24(23)25(28)26-18-8-12-22(13-9-18)32-21-6-4-3-5-7-21/h3-17H,1-2H3,(H,26,28). The molecule has 0 bridgehead atoms. The number of ether oxygens (including phenoxy) is 2. The van der Waals surface area contributed by atoms with Crippen molar-refractivity contribution in [3.63, 3.8) is 0 Å². The van der Waals surface area contributed by atoms with E-state index in [0.29, 0.717) is 28.6 Å². The van der Waals surface area contributed by atoms with Crippen molar-refractivity contribution in [3.8, 4) is 17.2 Å². The Morgan fingerprint density at radius 3 is 2.12 bits per heavy atom. The van der Waals surface area contributed by atoms with Gasteiger partial charge < -0.3 is 14.8 Å².